The standard InChI is InChI=1S/C8H13F2N.2C2H6/c1-6(2)7-3-4-11-5-8(7,9)10;2*1-2/h3,6,11H,4-5H2,1-2H3;2*1-2H3. The van der Waals surface area contributed by atoms with Crippen LogP contribution in [-0.4, -0.2) is 19.0 Å². The van der Waals surface area contributed by atoms with Crippen LogP contribution in [0.5, 0.6) is 0 Å². The van der Waals surface area contributed by atoms with E-state index in [1.165, 1.54) is 0 Å². The molecule has 0 amide bonds. The second kappa shape index (κ2) is 8.84. The van der Waals surface area contributed by atoms with Gasteiger partial charge in [0.05, 0.1) is 6.54 Å². The minimum absolute atomic E-state index is 0.0490. The summed E-state index contributed by atoms with van der Waals surface area (Å²) in [5.74, 6) is -2.68. The zero-order chi connectivity index (χ0) is 12.5. The van der Waals surface area contributed by atoms with Crippen LogP contribution in [0.2, 0.25) is 0 Å². The molecule has 15 heavy (non-hydrogen) atoms. The van der Waals surface area contributed by atoms with Crippen LogP contribution in [-0.2, 0) is 0 Å². The highest BCUT2D eigenvalue weighted by atomic mass is 19.3. The molecule has 0 unspecified atom stereocenters. The summed E-state index contributed by atoms with van der Waals surface area (Å²) in [6.45, 7) is 12.0. The van der Waals surface area contributed by atoms with Gasteiger partial charge in [-0.2, -0.15) is 0 Å². The smallest absolute Gasteiger partial charge is 0.281 e. The number of rotatable bonds is 1. The first-order valence-corrected chi connectivity index (χ1v) is 5.83. The highest BCUT2D eigenvalue weighted by Crippen LogP contribution is 2.30. The molecule has 1 nitrogen and oxygen atoms in total. The van der Waals surface area contributed by atoms with E-state index in [0.717, 1.165) is 0 Å². The van der Waals surface area contributed by atoms with Crippen molar-refractivity contribution in [3.8, 4) is 0 Å². The lowest BCUT2D eigenvalue weighted by Gasteiger charge is -2.26. The molecule has 0 radical (unpaired) electrons. The summed E-state index contributed by atoms with van der Waals surface area (Å²) >= 11 is 0. The van der Waals surface area contributed by atoms with Crippen LogP contribution in [0, 0.1) is 5.92 Å². The molecule has 3 heteroatoms. The van der Waals surface area contributed by atoms with Gasteiger partial charge in [0, 0.05) is 6.54 Å². The van der Waals surface area contributed by atoms with Gasteiger partial charge >= 0.3 is 0 Å². The van der Waals surface area contributed by atoms with Gasteiger partial charge in [0.1, 0.15) is 0 Å². The van der Waals surface area contributed by atoms with Crippen molar-refractivity contribution in [1.82, 2.24) is 5.32 Å². The molecule has 0 spiro atoms. The van der Waals surface area contributed by atoms with Crippen molar-refractivity contribution < 1.29 is 8.78 Å². The third kappa shape index (κ3) is 5.88. The van der Waals surface area contributed by atoms with Crippen molar-refractivity contribution in [2.24, 2.45) is 5.92 Å². The highest BCUT2D eigenvalue weighted by Gasteiger charge is 2.36. The molecule has 1 aliphatic rings. The third-order valence-electron chi connectivity index (χ3n) is 1.86. The molecule has 0 bridgehead atoms. The maximum atomic E-state index is 13.0. The lowest BCUT2D eigenvalue weighted by molar-refractivity contribution is 0.0288. The minimum Gasteiger partial charge on any atom is -0.307 e. The Morgan fingerprint density at radius 1 is 1.20 bits per heavy atom. The van der Waals surface area contributed by atoms with E-state index < -0.39 is 5.92 Å². The molecule has 1 heterocycles. The first-order valence-electron chi connectivity index (χ1n) is 5.83. The van der Waals surface area contributed by atoms with Gasteiger partial charge in [0.25, 0.3) is 5.92 Å². The predicted molar refractivity (Wildman–Crippen MR) is 63.4 cm³/mol. The Balaban J connectivity index is 0. The van der Waals surface area contributed by atoms with Crippen molar-refractivity contribution in [3.63, 3.8) is 0 Å². The molecule has 0 saturated heterocycles. The van der Waals surface area contributed by atoms with E-state index in [2.05, 4.69) is 5.32 Å². The number of halogens is 2. The van der Waals surface area contributed by atoms with Crippen LogP contribution in [0.15, 0.2) is 11.6 Å². The molecule has 1 aliphatic heterocycles. The maximum Gasteiger partial charge on any atom is 0.281 e. The fourth-order valence-corrected chi connectivity index (χ4v) is 1.32. The molecule has 0 saturated carbocycles. The second-order valence-corrected chi connectivity index (χ2v) is 3.15. The minimum atomic E-state index is -2.63. The Kier molecular flexibility index (Phi) is 10.00. The zero-order valence-corrected chi connectivity index (χ0v) is 10.8. The van der Waals surface area contributed by atoms with E-state index in [1.54, 1.807) is 19.9 Å². The van der Waals surface area contributed by atoms with E-state index in [0.29, 0.717) is 6.54 Å². The van der Waals surface area contributed by atoms with E-state index in [1.807, 2.05) is 27.7 Å². The molecule has 0 fully saturated rings. The van der Waals surface area contributed by atoms with Gasteiger partial charge in [0.15, 0.2) is 0 Å². The Morgan fingerprint density at radius 3 is 1.93 bits per heavy atom. The summed E-state index contributed by atoms with van der Waals surface area (Å²) in [6.07, 6.45) is 1.59. The Bertz CT molecular complexity index is 174. The van der Waals surface area contributed by atoms with Crippen molar-refractivity contribution in [2.75, 3.05) is 13.1 Å². The molecule has 0 aromatic carbocycles. The van der Waals surface area contributed by atoms with Gasteiger partial charge in [0.2, 0.25) is 0 Å². The number of hydrogen-bond acceptors (Lipinski definition) is 1. The molecule has 1 rings (SSSR count). The van der Waals surface area contributed by atoms with Crippen LogP contribution in [0.1, 0.15) is 41.5 Å². The predicted octanol–water partition coefficient (Wildman–Crippen LogP) is 3.86. The first kappa shape index (κ1) is 17.0. The molecular weight excluding hydrogens is 196 g/mol. The maximum absolute atomic E-state index is 13.0. The molecule has 1 N–H and O–H groups in total. The molecule has 0 aromatic rings. The summed E-state index contributed by atoms with van der Waals surface area (Å²) in [7, 11) is 0. The molecule has 0 aromatic heterocycles. The molecule has 0 atom stereocenters. The van der Waals surface area contributed by atoms with Gasteiger partial charge in [-0.3, -0.25) is 0 Å². The zero-order valence-electron chi connectivity index (χ0n) is 10.8. The lowest BCUT2D eigenvalue weighted by Crippen LogP contribution is -2.40. The summed E-state index contributed by atoms with van der Waals surface area (Å²) in [5.41, 5.74) is 0.274. The van der Waals surface area contributed by atoms with Gasteiger partial charge < -0.3 is 5.32 Å². The van der Waals surface area contributed by atoms with Crippen LogP contribution < -0.4 is 5.32 Å². The first-order chi connectivity index (χ1) is 7.04. The van der Waals surface area contributed by atoms with E-state index in [4.69, 9.17) is 0 Å². The molecule has 0 aliphatic carbocycles. The van der Waals surface area contributed by atoms with Crippen LogP contribution in [0.25, 0.3) is 0 Å². The van der Waals surface area contributed by atoms with Crippen molar-refractivity contribution >= 4 is 0 Å². The van der Waals surface area contributed by atoms with Crippen molar-refractivity contribution in [2.45, 2.75) is 47.5 Å². The SMILES string of the molecule is CC.CC.CC(C)C1=CCNCC1(F)F. The van der Waals surface area contributed by atoms with Gasteiger partial charge in [-0.15, -0.1) is 0 Å². The monoisotopic (exact) mass is 221 g/mol. The van der Waals surface area contributed by atoms with Gasteiger partial charge in [-0.25, -0.2) is 8.78 Å². The molecule has 92 valence electrons. The summed E-state index contributed by atoms with van der Waals surface area (Å²) < 4.78 is 26.0. The number of alkyl halides is 2. The Morgan fingerprint density at radius 2 is 1.67 bits per heavy atom. The van der Waals surface area contributed by atoms with Crippen molar-refractivity contribution in [1.29, 1.82) is 0 Å². The summed E-state index contributed by atoms with van der Waals surface area (Å²) in [4.78, 5) is 0. The fraction of sp³-hybridized carbons (Fsp3) is 0.833. The van der Waals surface area contributed by atoms with E-state index in [9.17, 15) is 8.78 Å². The topological polar surface area (TPSA) is 12.0 Å². The average Bonchev–Trinajstić information content (AvgIpc) is 2.22. The van der Waals surface area contributed by atoms with Crippen molar-refractivity contribution in [3.05, 3.63) is 11.6 Å². The fourth-order valence-electron chi connectivity index (χ4n) is 1.32. The summed E-state index contributed by atoms with van der Waals surface area (Å²) in [6, 6.07) is 0. The van der Waals surface area contributed by atoms with Crippen LogP contribution in [0.4, 0.5) is 8.78 Å². The number of hydrogen-bond donors (Lipinski definition) is 1. The Hall–Kier alpha value is -0.440. The normalized spacial score (nSPS) is 18.1. The highest BCUT2D eigenvalue weighted by molar-refractivity contribution is 5.19. The van der Waals surface area contributed by atoms with Gasteiger partial charge in [-0.1, -0.05) is 47.6 Å². The average molecular weight is 221 g/mol. The van der Waals surface area contributed by atoms with Crippen LogP contribution >= 0.6 is 0 Å². The lowest BCUT2D eigenvalue weighted by atomic mass is 9.94. The second-order valence-electron chi connectivity index (χ2n) is 3.15. The van der Waals surface area contributed by atoms with Crippen LogP contribution in [0.3, 0.4) is 0 Å². The van der Waals surface area contributed by atoms with E-state index in [-0.39, 0.29) is 18.0 Å². The third-order valence-corrected chi connectivity index (χ3v) is 1.86. The Labute approximate surface area is 93.0 Å². The molecular formula is C12H25F2N. The largest absolute Gasteiger partial charge is 0.307 e. The summed E-state index contributed by atoms with van der Waals surface area (Å²) in [5, 5.41) is 2.63. The van der Waals surface area contributed by atoms with Gasteiger partial charge in [-0.05, 0) is 11.5 Å². The number of nitrogens with one attached hydrogen (secondary N) is 1. The van der Waals surface area contributed by atoms with E-state index >= 15 is 0 Å². The quantitative estimate of drug-likeness (QED) is 0.663.